The standard InChI is InChI=1S/C26H35N5O4/c1-5-9-10-17(6-2)16-27-26(34)30-25-28-21(15-23(32)29-25)20-13-18-11-12-19(31(7-3)8-4)14-22(18)35-24(20)33/h11-15,17H,5-10,16H2,1-4H3,(H3,27,28,29,30,32,34). The van der Waals surface area contributed by atoms with Crippen molar-refractivity contribution < 1.29 is 9.21 Å². The first-order chi connectivity index (χ1) is 16.9. The lowest BCUT2D eigenvalue weighted by atomic mass is 9.99. The van der Waals surface area contributed by atoms with Gasteiger partial charge in [-0.25, -0.2) is 14.6 Å². The Bertz CT molecular complexity index is 1260. The van der Waals surface area contributed by atoms with Crippen molar-refractivity contribution in [3.63, 3.8) is 0 Å². The average molecular weight is 482 g/mol. The normalized spacial score (nSPS) is 11.9. The highest BCUT2D eigenvalue weighted by Gasteiger charge is 2.14. The molecule has 1 aromatic carbocycles. The molecule has 188 valence electrons. The fraction of sp³-hybridized carbons (Fsp3) is 0.462. The molecule has 0 aliphatic heterocycles. The van der Waals surface area contributed by atoms with Crippen LogP contribution in [-0.4, -0.2) is 35.6 Å². The summed E-state index contributed by atoms with van der Waals surface area (Å²) in [5.41, 5.74) is 0.597. The molecule has 1 atom stereocenters. The van der Waals surface area contributed by atoms with Gasteiger partial charge in [-0.05, 0) is 44.4 Å². The van der Waals surface area contributed by atoms with Crippen LogP contribution in [-0.2, 0) is 0 Å². The van der Waals surface area contributed by atoms with Crippen molar-refractivity contribution >= 4 is 28.6 Å². The maximum atomic E-state index is 12.8. The minimum absolute atomic E-state index is 0.0389. The second kappa shape index (κ2) is 12.2. The largest absolute Gasteiger partial charge is 0.422 e. The number of benzene rings is 1. The van der Waals surface area contributed by atoms with Gasteiger partial charge in [0, 0.05) is 42.8 Å². The van der Waals surface area contributed by atoms with Crippen molar-refractivity contribution in [1.82, 2.24) is 15.3 Å². The quantitative estimate of drug-likeness (QED) is 0.341. The molecule has 2 heterocycles. The molecule has 2 aromatic heterocycles. The highest BCUT2D eigenvalue weighted by atomic mass is 16.4. The summed E-state index contributed by atoms with van der Waals surface area (Å²) >= 11 is 0. The number of unbranched alkanes of at least 4 members (excludes halogenated alkanes) is 1. The first-order valence-corrected chi connectivity index (χ1v) is 12.4. The van der Waals surface area contributed by atoms with Gasteiger partial charge in [0.1, 0.15) is 5.58 Å². The number of rotatable bonds is 11. The Hall–Kier alpha value is -3.62. The van der Waals surface area contributed by atoms with Crippen molar-refractivity contribution in [1.29, 1.82) is 0 Å². The molecule has 3 aromatic rings. The van der Waals surface area contributed by atoms with Crippen molar-refractivity contribution in [3.05, 3.63) is 51.1 Å². The molecule has 0 radical (unpaired) electrons. The van der Waals surface area contributed by atoms with Crippen LogP contribution in [0.25, 0.3) is 22.2 Å². The molecule has 1 unspecified atom stereocenters. The van der Waals surface area contributed by atoms with Gasteiger partial charge >= 0.3 is 11.7 Å². The van der Waals surface area contributed by atoms with Crippen LogP contribution in [0.4, 0.5) is 16.4 Å². The maximum absolute atomic E-state index is 12.8. The van der Waals surface area contributed by atoms with E-state index in [1.54, 1.807) is 6.07 Å². The maximum Gasteiger partial charge on any atom is 0.345 e. The molecular formula is C26H35N5O4. The van der Waals surface area contributed by atoms with Gasteiger partial charge in [-0.15, -0.1) is 0 Å². The molecule has 0 aliphatic carbocycles. The van der Waals surface area contributed by atoms with Crippen molar-refractivity contribution in [3.8, 4) is 11.3 Å². The number of amides is 2. The molecule has 9 nitrogen and oxygen atoms in total. The number of hydrogen-bond donors (Lipinski definition) is 3. The zero-order valence-electron chi connectivity index (χ0n) is 20.9. The van der Waals surface area contributed by atoms with Crippen molar-refractivity contribution in [2.45, 2.75) is 53.4 Å². The molecule has 35 heavy (non-hydrogen) atoms. The molecule has 0 aliphatic rings. The van der Waals surface area contributed by atoms with E-state index >= 15 is 0 Å². The lowest BCUT2D eigenvalue weighted by Gasteiger charge is -2.21. The Morgan fingerprint density at radius 2 is 1.89 bits per heavy atom. The smallest absolute Gasteiger partial charge is 0.345 e. The predicted molar refractivity (Wildman–Crippen MR) is 140 cm³/mol. The number of fused-ring (bicyclic) bond motifs is 1. The lowest BCUT2D eigenvalue weighted by molar-refractivity contribution is 0.249. The van der Waals surface area contributed by atoms with Gasteiger partial charge in [0.05, 0.1) is 11.3 Å². The topological polar surface area (TPSA) is 120 Å². The highest BCUT2D eigenvalue weighted by molar-refractivity contribution is 5.88. The molecule has 0 bridgehead atoms. The second-order valence-electron chi connectivity index (χ2n) is 8.57. The third-order valence-electron chi connectivity index (χ3n) is 6.19. The van der Waals surface area contributed by atoms with Gasteiger partial charge < -0.3 is 14.6 Å². The Kier molecular flexibility index (Phi) is 9.05. The van der Waals surface area contributed by atoms with Crippen molar-refractivity contribution in [2.24, 2.45) is 5.92 Å². The molecule has 3 rings (SSSR count). The fourth-order valence-corrected chi connectivity index (χ4v) is 4.05. The number of nitrogens with one attached hydrogen (secondary N) is 3. The number of urea groups is 1. The molecule has 0 saturated heterocycles. The summed E-state index contributed by atoms with van der Waals surface area (Å²) in [7, 11) is 0. The summed E-state index contributed by atoms with van der Waals surface area (Å²) in [5, 5.41) is 6.11. The number of H-pyrrole nitrogens is 1. The number of aromatic nitrogens is 2. The molecule has 2 amide bonds. The van der Waals surface area contributed by atoms with E-state index in [9.17, 15) is 14.4 Å². The van der Waals surface area contributed by atoms with Crippen molar-refractivity contribution in [2.75, 3.05) is 29.9 Å². The second-order valence-corrected chi connectivity index (χ2v) is 8.57. The fourth-order valence-electron chi connectivity index (χ4n) is 4.05. The van der Waals surface area contributed by atoms with E-state index in [2.05, 4.69) is 53.2 Å². The number of aromatic amines is 1. The molecule has 0 saturated carbocycles. The molecular weight excluding hydrogens is 446 g/mol. The molecule has 9 heteroatoms. The summed E-state index contributed by atoms with van der Waals surface area (Å²) < 4.78 is 5.56. The highest BCUT2D eigenvalue weighted by Crippen LogP contribution is 2.24. The van der Waals surface area contributed by atoms with Crippen LogP contribution >= 0.6 is 0 Å². The Morgan fingerprint density at radius 1 is 1.11 bits per heavy atom. The number of nitrogens with zero attached hydrogens (tertiary/aromatic N) is 2. The van der Waals surface area contributed by atoms with E-state index in [1.807, 2.05) is 18.2 Å². The van der Waals surface area contributed by atoms with E-state index in [0.29, 0.717) is 23.4 Å². The van der Waals surface area contributed by atoms with Crippen LogP contribution in [0.5, 0.6) is 0 Å². The summed E-state index contributed by atoms with van der Waals surface area (Å²) in [6.45, 7) is 10.6. The van der Waals surface area contributed by atoms with Crippen LogP contribution in [0.15, 0.2) is 44.3 Å². The third-order valence-corrected chi connectivity index (χ3v) is 6.19. The predicted octanol–water partition coefficient (Wildman–Crippen LogP) is 4.73. The Labute approximate surface area is 205 Å². The van der Waals surface area contributed by atoms with E-state index < -0.39 is 17.2 Å². The number of carbonyl (C=O) groups excluding carboxylic acids is 1. The van der Waals surface area contributed by atoms with Gasteiger partial charge in [-0.1, -0.05) is 33.1 Å². The van der Waals surface area contributed by atoms with Gasteiger partial charge in [-0.3, -0.25) is 15.1 Å². The van der Waals surface area contributed by atoms with Gasteiger partial charge in [-0.2, -0.15) is 0 Å². The van der Waals surface area contributed by atoms with Crippen LogP contribution < -0.4 is 26.7 Å². The first kappa shape index (κ1) is 26.0. The molecule has 3 N–H and O–H groups in total. The van der Waals surface area contributed by atoms with E-state index in [-0.39, 0.29) is 17.2 Å². The Morgan fingerprint density at radius 3 is 2.57 bits per heavy atom. The Balaban J connectivity index is 1.82. The van der Waals surface area contributed by atoms with E-state index in [1.165, 1.54) is 6.07 Å². The summed E-state index contributed by atoms with van der Waals surface area (Å²) in [6, 6.07) is 8.07. The zero-order valence-corrected chi connectivity index (χ0v) is 20.9. The summed E-state index contributed by atoms with van der Waals surface area (Å²) in [4.78, 5) is 46.3. The third kappa shape index (κ3) is 6.71. The summed E-state index contributed by atoms with van der Waals surface area (Å²) in [6.07, 6.45) is 4.25. The van der Waals surface area contributed by atoms with Gasteiger partial charge in [0.25, 0.3) is 5.56 Å². The summed E-state index contributed by atoms with van der Waals surface area (Å²) in [5.74, 6) is 0.353. The molecule has 0 fully saturated rings. The first-order valence-electron chi connectivity index (χ1n) is 12.4. The number of anilines is 2. The van der Waals surface area contributed by atoms with E-state index in [4.69, 9.17) is 4.42 Å². The number of carbonyl (C=O) groups is 1. The lowest BCUT2D eigenvalue weighted by Crippen LogP contribution is -2.34. The van der Waals surface area contributed by atoms with Crippen LogP contribution in [0.2, 0.25) is 0 Å². The van der Waals surface area contributed by atoms with E-state index in [0.717, 1.165) is 44.5 Å². The zero-order chi connectivity index (χ0) is 25.4. The van der Waals surface area contributed by atoms with Gasteiger partial charge in [0.15, 0.2) is 0 Å². The average Bonchev–Trinajstić information content (AvgIpc) is 2.84. The van der Waals surface area contributed by atoms with Crippen LogP contribution in [0, 0.1) is 5.92 Å². The minimum Gasteiger partial charge on any atom is -0.422 e. The monoisotopic (exact) mass is 481 g/mol. The minimum atomic E-state index is -0.607. The van der Waals surface area contributed by atoms with Crippen LogP contribution in [0.3, 0.4) is 0 Å². The molecule has 0 spiro atoms. The number of hydrogen-bond acceptors (Lipinski definition) is 6. The van der Waals surface area contributed by atoms with Gasteiger partial charge in [0.2, 0.25) is 5.95 Å². The SMILES string of the molecule is CCCCC(CC)CNC(=O)Nc1nc(-c2cc3ccc(N(CC)CC)cc3oc2=O)cc(=O)[nH]1. The van der Waals surface area contributed by atoms with Crippen LogP contribution in [0.1, 0.15) is 53.4 Å².